The Labute approximate surface area is 81.8 Å². The molecule has 1 aromatic carbocycles. The molecule has 0 aliphatic carbocycles. The zero-order valence-corrected chi connectivity index (χ0v) is 8.71. The maximum atomic E-state index is 12.5. The van der Waals surface area contributed by atoms with Gasteiger partial charge in [-0.15, -0.1) is 0 Å². The predicted molar refractivity (Wildman–Crippen MR) is 50.4 cm³/mol. The van der Waals surface area contributed by atoms with Crippen LogP contribution in [0.2, 0.25) is 0 Å². The first-order valence-corrected chi connectivity index (χ1v) is 4.39. The van der Waals surface area contributed by atoms with Crippen molar-refractivity contribution < 1.29 is 13.2 Å². The maximum Gasteiger partial charge on any atom is 0.416 e. The first kappa shape index (κ1) is 11.1. The summed E-state index contributed by atoms with van der Waals surface area (Å²) in [6, 6.07) is 1.22. The summed E-state index contributed by atoms with van der Waals surface area (Å²) in [6.45, 7) is 6.80. The van der Waals surface area contributed by atoms with E-state index in [0.717, 1.165) is 11.1 Å². The van der Waals surface area contributed by atoms with Gasteiger partial charge in [-0.2, -0.15) is 13.2 Å². The molecule has 14 heavy (non-hydrogen) atoms. The third-order valence-corrected chi connectivity index (χ3v) is 2.79. The minimum atomic E-state index is -4.24. The number of halogens is 3. The molecule has 0 saturated carbocycles. The van der Waals surface area contributed by atoms with Crippen LogP contribution in [0, 0.1) is 27.7 Å². The quantitative estimate of drug-likeness (QED) is 0.597. The van der Waals surface area contributed by atoms with Crippen molar-refractivity contribution >= 4 is 0 Å². The summed E-state index contributed by atoms with van der Waals surface area (Å²) in [5.41, 5.74) is 2.19. The normalized spacial score (nSPS) is 11.9. The molecule has 0 N–H and O–H groups in total. The Morgan fingerprint density at radius 3 is 1.79 bits per heavy atom. The number of rotatable bonds is 0. The predicted octanol–water partition coefficient (Wildman–Crippen LogP) is 3.94. The van der Waals surface area contributed by atoms with Crippen LogP contribution in [0.4, 0.5) is 13.2 Å². The van der Waals surface area contributed by atoms with Gasteiger partial charge in [0, 0.05) is 0 Å². The van der Waals surface area contributed by atoms with Crippen molar-refractivity contribution in [3.8, 4) is 0 Å². The minimum absolute atomic E-state index is 0.334. The summed E-state index contributed by atoms with van der Waals surface area (Å²) < 4.78 is 37.6. The molecule has 1 aromatic rings. The molecule has 0 nitrogen and oxygen atoms in total. The largest absolute Gasteiger partial charge is 0.416 e. The molecule has 0 aliphatic rings. The third-order valence-electron chi connectivity index (χ3n) is 2.79. The Hall–Kier alpha value is -0.990. The number of hydrogen-bond donors (Lipinski definition) is 0. The maximum absolute atomic E-state index is 12.5. The van der Waals surface area contributed by atoms with Gasteiger partial charge in [0.2, 0.25) is 0 Å². The molecule has 0 amide bonds. The standard InChI is InChI=1S/C11H13F3/c1-6-5-10(11(12,13)14)9(4)8(3)7(6)2/h5H,1-4H3. The zero-order valence-electron chi connectivity index (χ0n) is 8.71. The number of hydrogen-bond acceptors (Lipinski definition) is 0. The van der Waals surface area contributed by atoms with Crippen molar-refractivity contribution in [1.82, 2.24) is 0 Å². The highest BCUT2D eigenvalue weighted by atomic mass is 19.4. The van der Waals surface area contributed by atoms with Gasteiger partial charge in [-0.25, -0.2) is 0 Å². The molecule has 0 aromatic heterocycles. The Morgan fingerprint density at radius 2 is 1.36 bits per heavy atom. The fourth-order valence-electron chi connectivity index (χ4n) is 1.51. The van der Waals surface area contributed by atoms with Gasteiger partial charge in [-0.05, 0) is 56.0 Å². The lowest BCUT2D eigenvalue weighted by molar-refractivity contribution is -0.138. The van der Waals surface area contributed by atoms with Crippen LogP contribution >= 0.6 is 0 Å². The third kappa shape index (κ3) is 1.76. The van der Waals surface area contributed by atoms with E-state index in [-0.39, 0.29) is 0 Å². The van der Waals surface area contributed by atoms with E-state index >= 15 is 0 Å². The molecule has 0 radical (unpaired) electrons. The minimum Gasteiger partial charge on any atom is -0.166 e. The number of alkyl halides is 3. The highest BCUT2D eigenvalue weighted by Crippen LogP contribution is 2.34. The Kier molecular flexibility index (Phi) is 2.61. The average molecular weight is 202 g/mol. The lowest BCUT2D eigenvalue weighted by Crippen LogP contribution is -2.10. The summed E-state index contributed by atoms with van der Waals surface area (Å²) in [6.07, 6.45) is -4.24. The van der Waals surface area contributed by atoms with Crippen LogP contribution < -0.4 is 0 Å². The van der Waals surface area contributed by atoms with Crippen LogP contribution in [0.15, 0.2) is 6.07 Å². The van der Waals surface area contributed by atoms with Crippen molar-refractivity contribution in [2.45, 2.75) is 33.9 Å². The fourth-order valence-corrected chi connectivity index (χ4v) is 1.51. The van der Waals surface area contributed by atoms with Crippen LogP contribution in [-0.2, 0) is 6.18 Å². The number of benzene rings is 1. The fraction of sp³-hybridized carbons (Fsp3) is 0.455. The van der Waals surface area contributed by atoms with Crippen LogP contribution in [0.1, 0.15) is 27.8 Å². The van der Waals surface area contributed by atoms with Crippen LogP contribution in [-0.4, -0.2) is 0 Å². The Morgan fingerprint density at radius 1 is 0.857 bits per heavy atom. The molecule has 0 bridgehead atoms. The van der Waals surface area contributed by atoms with Crippen molar-refractivity contribution in [3.63, 3.8) is 0 Å². The van der Waals surface area contributed by atoms with Gasteiger partial charge in [-0.1, -0.05) is 0 Å². The molecule has 0 atom stereocenters. The molecule has 0 aliphatic heterocycles. The topological polar surface area (TPSA) is 0 Å². The molecule has 1 rings (SSSR count). The van der Waals surface area contributed by atoms with E-state index in [2.05, 4.69) is 0 Å². The molecule has 3 heteroatoms. The van der Waals surface area contributed by atoms with Crippen molar-refractivity contribution in [2.24, 2.45) is 0 Å². The summed E-state index contributed by atoms with van der Waals surface area (Å²) in [5.74, 6) is 0. The van der Waals surface area contributed by atoms with Gasteiger partial charge < -0.3 is 0 Å². The van der Waals surface area contributed by atoms with Crippen molar-refractivity contribution in [1.29, 1.82) is 0 Å². The Balaban J connectivity index is 3.49. The van der Waals surface area contributed by atoms with Gasteiger partial charge in [0.25, 0.3) is 0 Å². The highest BCUT2D eigenvalue weighted by Gasteiger charge is 2.33. The second-order valence-electron chi connectivity index (χ2n) is 3.61. The number of aryl methyl sites for hydroxylation is 1. The van der Waals surface area contributed by atoms with E-state index in [4.69, 9.17) is 0 Å². The Bertz CT molecular complexity index is 362. The van der Waals surface area contributed by atoms with Crippen molar-refractivity contribution in [3.05, 3.63) is 33.9 Å². The lowest BCUT2D eigenvalue weighted by atomic mass is 9.94. The van der Waals surface area contributed by atoms with Crippen LogP contribution in [0.25, 0.3) is 0 Å². The second kappa shape index (κ2) is 3.30. The van der Waals surface area contributed by atoms with Gasteiger partial charge in [0.05, 0.1) is 5.56 Å². The van der Waals surface area contributed by atoms with E-state index in [1.165, 1.54) is 13.0 Å². The molecule has 0 heterocycles. The highest BCUT2D eigenvalue weighted by molar-refractivity contribution is 5.44. The summed E-state index contributed by atoms with van der Waals surface area (Å²) >= 11 is 0. The second-order valence-corrected chi connectivity index (χ2v) is 3.61. The van der Waals surface area contributed by atoms with E-state index in [1.807, 2.05) is 6.92 Å². The molecule has 0 fully saturated rings. The smallest absolute Gasteiger partial charge is 0.166 e. The SMILES string of the molecule is Cc1cc(C(F)(F)F)c(C)c(C)c1C. The van der Waals surface area contributed by atoms with E-state index in [9.17, 15) is 13.2 Å². The molecule has 0 saturated heterocycles. The molecule has 0 unspecified atom stereocenters. The van der Waals surface area contributed by atoms with Gasteiger partial charge >= 0.3 is 6.18 Å². The van der Waals surface area contributed by atoms with Gasteiger partial charge in [0.1, 0.15) is 0 Å². The van der Waals surface area contributed by atoms with Gasteiger partial charge in [-0.3, -0.25) is 0 Å². The first-order chi connectivity index (χ1) is 6.25. The van der Waals surface area contributed by atoms with E-state index in [0.29, 0.717) is 11.1 Å². The lowest BCUT2D eigenvalue weighted by Gasteiger charge is -2.16. The van der Waals surface area contributed by atoms with Crippen molar-refractivity contribution in [2.75, 3.05) is 0 Å². The molecule has 0 spiro atoms. The summed E-state index contributed by atoms with van der Waals surface area (Å²) in [4.78, 5) is 0. The van der Waals surface area contributed by atoms with Gasteiger partial charge in [0.15, 0.2) is 0 Å². The first-order valence-electron chi connectivity index (χ1n) is 4.39. The summed E-state index contributed by atoms with van der Waals surface area (Å²) in [5, 5.41) is 0. The zero-order chi connectivity index (χ0) is 11.1. The van der Waals surface area contributed by atoms with E-state index in [1.54, 1.807) is 13.8 Å². The van der Waals surface area contributed by atoms with Crippen LogP contribution in [0.5, 0.6) is 0 Å². The van der Waals surface area contributed by atoms with E-state index < -0.39 is 11.7 Å². The monoisotopic (exact) mass is 202 g/mol. The van der Waals surface area contributed by atoms with Crippen LogP contribution in [0.3, 0.4) is 0 Å². The average Bonchev–Trinajstić information content (AvgIpc) is 2.06. The molecular weight excluding hydrogens is 189 g/mol. The molecule has 78 valence electrons. The molecular formula is C11H13F3. The summed E-state index contributed by atoms with van der Waals surface area (Å²) in [7, 11) is 0.